The van der Waals surface area contributed by atoms with E-state index in [-0.39, 0.29) is 17.2 Å². The zero-order valence-corrected chi connectivity index (χ0v) is 68.2. The predicted octanol–water partition coefficient (Wildman–Crippen LogP) is 25.6. The molecule has 3 aromatic carbocycles. The van der Waals surface area contributed by atoms with E-state index in [0.29, 0.717) is 56.3 Å². The Labute approximate surface area is 600 Å². The van der Waals surface area contributed by atoms with Gasteiger partial charge in [0.2, 0.25) is 0 Å². The summed E-state index contributed by atoms with van der Waals surface area (Å²) in [6.07, 6.45) is 28.4. The molecule has 3 aliphatic heterocycles. The Morgan fingerprint density at radius 3 is 0.724 bits per heavy atom. The highest BCUT2D eigenvalue weighted by atomic mass is 31.2. The Morgan fingerprint density at radius 1 is 0.327 bits per heavy atom. The van der Waals surface area contributed by atoms with Crippen molar-refractivity contribution in [2.24, 2.45) is 53.3 Å². The van der Waals surface area contributed by atoms with Crippen LogP contribution >= 0.6 is 7.82 Å². The lowest BCUT2D eigenvalue weighted by Crippen LogP contribution is -2.54. The van der Waals surface area contributed by atoms with Crippen LogP contribution in [0.1, 0.15) is 344 Å². The lowest BCUT2D eigenvalue weighted by molar-refractivity contribution is -0.115. The normalized spacial score (nSPS) is 23.3. The minimum atomic E-state index is -4.84. The van der Waals surface area contributed by atoms with Gasteiger partial charge in [-0.2, -0.15) is 0 Å². The van der Waals surface area contributed by atoms with Crippen molar-refractivity contribution in [3.8, 4) is 34.5 Å². The number of phenols is 3. The first-order chi connectivity index (χ1) is 45.9. The summed E-state index contributed by atoms with van der Waals surface area (Å²) < 4.78 is 62.6. The van der Waals surface area contributed by atoms with Gasteiger partial charge in [0, 0.05) is 36.0 Å². The van der Waals surface area contributed by atoms with E-state index in [1.54, 1.807) is 0 Å². The number of ether oxygens (including phenoxy) is 3. The van der Waals surface area contributed by atoms with Crippen molar-refractivity contribution in [1.29, 1.82) is 0 Å². The molecule has 0 radical (unpaired) electrons. The second-order valence-electron chi connectivity index (χ2n) is 35.3. The summed E-state index contributed by atoms with van der Waals surface area (Å²) in [5.41, 5.74) is 6.64. The molecule has 11 heteroatoms. The fraction of sp³-hybridized carbons (Fsp3) is 0.793. The van der Waals surface area contributed by atoms with Crippen LogP contribution in [0.4, 0.5) is 0 Å². The van der Waals surface area contributed by atoms with Gasteiger partial charge in [0.05, 0.1) is 0 Å². The minimum Gasteiger partial charge on any atom is -0.507 e. The van der Waals surface area contributed by atoms with Gasteiger partial charge in [-0.05, 0) is 225 Å². The second-order valence-corrected chi connectivity index (χ2v) is 36.8. The van der Waals surface area contributed by atoms with Crippen LogP contribution in [0.3, 0.4) is 0 Å². The zero-order valence-electron chi connectivity index (χ0n) is 67.3. The van der Waals surface area contributed by atoms with Crippen molar-refractivity contribution in [1.82, 2.24) is 0 Å². The maximum absolute atomic E-state index is 17.6. The van der Waals surface area contributed by atoms with Crippen LogP contribution in [-0.2, 0) is 37.4 Å². The lowest BCUT2D eigenvalue weighted by Gasteiger charge is -2.48. The van der Waals surface area contributed by atoms with Crippen molar-refractivity contribution >= 4 is 7.82 Å². The molecular weight excluding hydrogens is 1240 g/mol. The van der Waals surface area contributed by atoms with E-state index < -0.39 is 42.9 Å². The fourth-order valence-corrected chi connectivity index (χ4v) is 18.7. The number of rotatable bonds is 42. The highest BCUT2D eigenvalue weighted by molar-refractivity contribution is 7.48. The highest BCUT2D eigenvalue weighted by Crippen LogP contribution is 2.62. The highest BCUT2D eigenvalue weighted by Gasteiger charge is 2.55. The monoisotopic (exact) mass is 1380 g/mol. The van der Waals surface area contributed by atoms with Gasteiger partial charge in [-0.3, -0.25) is 13.6 Å². The Hall–Kier alpha value is -3.43. The van der Waals surface area contributed by atoms with Crippen molar-refractivity contribution in [2.45, 2.75) is 394 Å². The van der Waals surface area contributed by atoms with E-state index in [4.69, 9.17) is 27.8 Å². The molecule has 3 unspecified atom stereocenters. The largest absolute Gasteiger partial charge is 0.507 e. The summed E-state index contributed by atoms with van der Waals surface area (Å²) in [6, 6.07) is 0. The SMILES string of the molecule is Cc1c(C)c2c(c(C)c1O)CC(OP(=O)(OC1Cc3c(C)c(O)c(C)c(C)c3O[C@@]1(C)CCC[C@H](C)CCC[C@@H](C)CCCC(C)C)OC1Cc3c(C)c(O)c(C)c(C)c3O[C@@]1(C)CCC[C@H](C)CCC[C@@H](C)CCCC(C)C)[C@](C)(CCC[C@H](C)CCC[C@@H](C)CCCC(C)C)O2. The van der Waals surface area contributed by atoms with Gasteiger partial charge in [0.1, 0.15) is 69.6 Å². The maximum Gasteiger partial charge on any atom is 0.476 e. The van der Waals surface area contributed by atoms with Gasteiger partial charge >= 0.3 is 7.82 Å². The molecule has 10 nitrogen and oxygen atoms in total. The van der Waals surface area contributed by atoms with Crippen molar-refractivity contribution in [3.63, 3.8) is 0 Å². The van der Waals surface area contributed by atoms with Crippen molar-refractivity contribution < 1.29 is 47.7 Å². The minimum absolute atomic E-state index is 0.226. The molecular formula is C87H147O10P. The van der Waals surface area contributed by atoms with Gasteiger partial charge in [-0.25, -0.2) is 4.57 Å². The van der Waals surface area contributed by atoms with E-state index in [1.807, 2.05) is 62.3 Å². The van der Waals surface area contributed by atoms with Crippen LogP contribution in [0.25, 0.3) is 0 Å². The molecule has 6 rings (SSSR count). The van der Waals surface area contributed by atoms with Crippen LogP contribution in [0.2, 0.25) is 0 Å². The predicted molar refractivity (Wildman–Crippen MR) is 412 cm³/mol. The summed E-state index contributed by atoms with van der Waals surface area (Å²) in [5, 5.41) is 35.4. The Balaban J connectivity index is 1.42. The third-order valence-corrected chi connectivity index (χ3v) is 26.3. The summed E-state index contributed by atoms with van der Waals surface area (Å²) in [6.45, 7) is 52.5. The summed E-state index contributed by atoms with van der Waals surface area (Å²) in [5.74, 6) is 8.87. The molecule has 12 atom stereocenters. The van der Waals surface area contributed by atoms with E-state index in [0.717, 1.165) is 158 Å². The average Bonchev–Trinajstić information content (AvgIpc) is 0.745. The van der Waals surface area contributed by atoms with E-state index in [1.165, 1.54) is 116 Å². The summed E-state index contributed by atoms with van der Waals surface area (Å²) >= 11 is 0. The third-order valence-electron chi connectivity index (χ3n) is 24.7. The molecule has 3 aliphatic rings. The zero-order chi connectivity index (χ0) is 72.8. The Bertz CT molecular complexity index is 2740. The molecule has 0 fully saturated rings. The standard InChI is InChI=1S/C87H147O10P/c1-55(2)34-25-37-58(7)40-28-43-61(10)46-31-49-85(22)76(52-73-70(19)79(88)64(13)67(16)82(73)92-85)95-98(91,96-77-53-74-71(20)80(89)65(14)68(17)83(74)93-86(77,23)50-32-47-62(11)44-29-41-59(8)38-26-35-56(3)4)97-78-54-75-72(21)81(90)66(15)69(18)84(75)94-87(78,24)51-33-48-63(12)45-30-42-60(9)39-27-36-57(5)6/h55-63,76-78,88-90H,25-54H2,1-24H3/t58-,59-,60-,61+,62+,63+,76?,77?,78?,85-,86-,87-,98?/m0/s1. The van der Waals surface area contributed by atoms with Crippen LogP contribution in [0, 0.1) is 116 Å². The Kier molecular flexibility index (Phi) is 31.8. The second kappa shape index (κ2) is 37.3. The van der Waals surface area contributed by atoms with Gasteiger partial charge in [0.25, 0.3) is 0 Å². The Morgan fingerprint density at radius 2 is 0.520 bits per heavy atom. The molecule has 3 aromatic rings. The molecule has 0 saturated heterocycles. The average molecular weight is 1380 g/mol. The van der Waals surface area contributed by atoms with Gasteiger partial charge in [-0.15, -0.1) is 0 Å². The van der Waals surface area contributed by atoms with Crippen LogP contribution in [0.15, 0.2) is 0 Å². The van der Waals surface area contributed by atoms with E-state index >= 15 is 4.57 Å². The number of hydrogen-bond acceptors (Lipinski definition) is 10. The number of aromatic hydroxyl groups is 3. The molecule has 0 saturated carbocycles. The number of benzene rings is 3. The quantitative estimate of drug-likeness (QED) is 0.0471. The molecule has 98 heavy (non-hydrogen) atoms. The van der Waals surface area contributed by atoms with Crippen LogP contribution < -0.4 is 14.2 Å². The smallest absolute Gasteiger partial charge is 0.476 e. The molecule has 3 heterocycles. The number of phosphoric ester groups is 1. The molecule has 0 amide bonds. The van der Waals surface area contributed by atoms with Crippen molar-refractivity contribution in [2.75, 3.05) is 0 Å². The maximum atomic E-state index is 17.6. The number of phenolic OH excluding ortho intramolecular Hbond substituents is 3. The van der Waals surface area contributed by atoms with E-state index in [2.05, 4.69) is 104 Å². The summed E-state index contributed by atoms with van der Waals surface area (Å²) in [4.78, 5) is 0. The van der Waals surface area contributed by atoms with Crippen LogP contribution in [0.5, 0.6) is 34.5 Å². The van der Waals surface area contributed by atoms with Gasteiger partial charge in [-0.1, -0.05) is 218 Å². The first-order valence-corrected chi connectivity index (χ1v) is 41.6. The molecule has 0 bridgehead atoms. The number of hydrogen-bond donors (Lipinski definition) is 3. The first-order valence-electron chi connectivity index (χ1n) is 40.1. The number of fused-ring (bicyclic) bond motifs is 3. The van der Waals surface area contributed by atoms with Gasteiger partial charge < -0.3 is 29.5 Å². The van der Waals surface area contributed by atoms with Gasteiger partial charge in [0.15, 0.2) is 0 Å². The van der Waals surface area contributed by atoms with E-state index in [9.17, 15) is 15.3 Å². The molecule has 0 aromatic heterocycles. The lowest BCUT2D eigenvalue weighted by atomic mass is 9.81. The fourth-order valence-electron chi connectivity index (χ4n) is 16.7. The summed E-state index contributed by atoms with van der Waals surface area (Å²) in [7, 11) is -4.84. The first kappa shape index (κ1) is 83.5. The third kappa shape index (κ3) is 22.5. The topological polar surface area (TPSA) is 133 Å². The number of phosphoric acid groups is 1. The molecule has 3 N–H and O–H groups in total. The molecule has 0 spiro atoms. The van der Waals surface area contributed by atoms with Crippen LogP contribution in [-0.4, -0.2) is 50.4 Å². The van der Waals surface area contributed by atoms with Crippen molar-refractivity contribution in [3.05, 3.63) is 66.8 Å². The molecule has 0 aliphatic carbocycles. The molecule has 560 valence electrons.